The largest absolute Gasteiger partial charge is 0.497 e. The van der Waals surface area contributed by atoms with Gasteiger partial charge in [0.25, 0.3) is 0 Å². The highest BCUT2D eigenvalue weighted by Crippen LogP contribution is 2.14. The Morgan fingerprint density at radius 1 is 1.38 bits per heavy atom. The third-order valence-electron chi connectivity index (χ3n) is 2.46. The van der Waals surface area contributed by atoms with Crippen molar-refractivity contribution in [1.29, 1.82) is 5.26 Å². The smallest absolute Gasteiger partial charge is 0.118 e. The van der Waals surface area contributed by atoms with E-state index < -0.39 is 0 Å². The van der Waals surface area contributed by atoms with Crippen molar-refractivity contribution >= 4 is 0 Å². The van der Waals surface area contributed by atoms with Crippen molar-refractivity contribution < 1.29 is 4.74 Å². The number of methoxy groups -OCH3 is 1. The fourth-order valence-electron chi connectivity index (χ4n) is 1.46. The summed E-state index contributed by atoms with van der Waals surface area (Å²) >= 11 is 0. The van der Waals surface area contributed by atoms with Crippen LogP contribution in [-0.4, -0.2) is 7.11 Å². The monoisotopic (exact) mass is 215 g/mol. The van der Waals surface area contributed by atoms with Gasteiger partial charge < -0.3 is 4.74 Å². The zero-order chi connectivity index (χ0) is 11.8. The molecule has 0 atom stereocenters. The molecular weight excluding hydrogens is 198 g/mol. The standard InChI is InChI=1S/C14H17NO/c1-12-4-3-5-13(10-11-15)7-9-14(16-2)8-6-12/h5-9H,3-4,10H2,1-2H3/b9-7?,12-6+,13-5+,14-8?. The molecular formula is C14H17NO. The number of rotatable bonds is 2. The average molecular weight is 215 g/mol. The second-order valence-corrected chi connectivity index (χ2v) is 3.77. The highest BCUT2D eigenvalue weighted by molar-refractivity contribution is 5.30. The lowest BCUT2D eigenvalue weighted by Crippen LogP contribution is -1.86. The molecule has 0 spiro atoms. The predicted molar refractivity (Wildman–Crippen MR) is 65.5 cm³/mol. The fourth-order valence-corrected chi connectivity index (χ4v) is 1.46. The normalized spacial score (nSPS) is 23.2. The maximum Gasteiger partial charge on any atom is 0.118 e. The summed E-state index contributed by atoms with van der Waals surface area (Å²) < 4.78 is 5.22. The van der Waals surface area contributed by atoms with Crippen LogP contribution in [0.15, 0.2) is 47.3 Å². The quantitative estimate of drug-likeness (QED) is 0.704. The molecule has 0 unspecified atom stereocenters. The second kappa shape index (κ2) is 6.68. The molecule has 0 aromatic heterocycles. The molecule has 16 heavy (non-hydrogen) atoms. The predicted octanol–water partition coefficient (Wildman–Crippen LogP) is 3.65. The topological polar surface area (TPSA) is 33.0 Å². The van der Waals surface area contributed by atoms with Crippen LogP contribution in [0.4, 0.5) is 0 Å². The highest BCUT2D eigenvalue weighted by Gasteiger charge is 1.97. The molecule has 1 aliphatic rings. The number of ether oxygens (including phenoxy) is 1. The fraction of sp³-hybridized carbons (Fsp3) is 0.357. The van der Waals surface area contributed by atoms with Crippen molar-refractivity contribution in [2.24, 2.45) is 0 Å². The first-order valence-corrected chi connectivity index (χ1v) is 5.41. The minimum Gasteiger partial charge on any atom is -0.497 e. The molecule has 0 saturated carbocycles. The molecule has 0 fully saturated rings. The molecule has 0 amide bonds. The van der Waals surface area contributed by atoms with Crippen LogP contribution >= 0.6 is 0 Å². The number of hydrogen-bond donors (Lipinski definition) is 0. The summed E-state index contributed by atoms with van der Waals surface area (Å²) in [5.41, 5.74) is 2.37. The van der Waals surface area contributed by atoms with Crippen LogP contribution in [0, 0.1) is 11.3 Å². The molecule has 0 N–H and O–H groups in total. The molecule has 0 aromatic carbocycles. The Hall–Kier alpha value is -1.75. The Kier molecular flexibility index (Phi) is 5.15. The summed E-state index contributed by atoms with van der Waals surface area (Å²) in [5.74, 6) is 0.810. The Morgan fingerprint density at radius 2 is 2.19 bits per heavy atom. The maximum absolute atomic E-state index is 8.70. The number of nitriles is 1. The van der Waals surface area contributed by atoms with Gasteiger partial charge in [-0.1, -0.05) is 23.8 Å². The molecule has 0 saturated heterocycles. The molecule has 0 aliphatic heterocycles. The lowest BCUT2D eigenvalue weighted by atomic mass is 10.1. The van der Waals surface area contributed by atoms with Crippen LogP contribution in [0.1, 0.15) is 26.2 Å². The summed E-state index contributed by atoms with van der Waals surface area (Å²) in [5, 5.41) is 8.70. The molecule has 0 heterocycles. The van der Waals surface area contributed by atoms with E-state index in [2.05, 4.69) is 25.1 Å². The van der Waals surface area contributed by atoms with Crippen LogP contribution in [0.3, 0.4) is 0 Å². The number of allylic oxidation sites excluding steroid dienone is 7. The molecule has 1 aliphatic carbocycles. The molecule has 2 nitrogen and oxygen atoms in total. The first-order valence-electron chi connectivity index (χ1n) is 5.41. The molecule has 0 bridgehead atoms. The van der Waals surface area contributed by atoms with E-state index in [-0.39, 0.29) is 0 Å². The van der Waals surface area contributed by atoms with Gasteiger partial charge in [-0.05, 0) is 37.5 Å². The minimum atomic E-state index is 0.455. The van der Waals surface area contributed by atoms with Crippen LogP contribution in [0.2, 0.25) is 0 Å². The minimum absolute atomic E-state index is 0.455. The Bertz CT molecular complexity index is 391. The van der Waals surface area contributed by atoms with Gasteiger partial charge in [0, 0.05) is 0 Å². The van der Waals surface area contributed by atoms with Gasteiger partial charge in [0.15, 0.2) is 0 Å². The van der Waals surface area contributed by atoms with Crippen molar-refractivity contribution in [2.75, 3.05) is 7.11 Å². The number of hydrogen-bond acceptors (Lipinski definition) is 2. The van der Waals surface area contributed by atoms with Crippen molar-refractivity contribution in [3.63, 3.8) is 0 Å². The summed E-state index contributed by atoms with van der Waals surface area (Å²) in [7, 11) is 1.65. The van der Waals surface area contributed by atoms with Crippen LogP contribution in [0.5, 0.6) is 0 Å². The van der Waals surface area contributed by atoms with Crippen LogP contribution in [0.25, 0.3) is 0 Å². The van der Waals surface area contributed by atoms with Crippen LogP contribution in [-0.2, 0) is 4.74 Å². The first kappa shape index (κ1) is 12.3. The van der Waals surface area contributed by atoms with Gasteiger partial charge in [-0.15, -0.1) is 0 Å². The molecule has 1 rings (SSSR count). The lowest BCUT2D eigenvalue weighted by Gasteiger charge is -2.04. The lowest BCUT2D eigenvalue weighted by molar-refractivity contribution is 0.307. The van der Waals surface area contributed by atoms with E-state index in [1.165, 1.54) is 5.57 Å². The zero-order valence-corrected chi connectivity index (χ0v) is 9.86. The molecule has 0 aromatic rings. The van der Waals surface area contributed by atoms with Gasteiger partial charge in [-0.2, -0.15) is 5.26 Å². The van der Waals surface area contributed by atoms with Crippen molar-refractivity contribution in [2.45, 2.75) is 26.2 Å². The van der Waals surface area contributed by atoms with Gasteiger partial charge >= 0.3 is 0 Å². The highest BCUT2D eigenvalue weighted by atomic mass is 16.5. The summed E-state index contributed by atoms with van der Waals surface area (Å²) in [6, 6.07) is 2.17. The average Bonchev–Trinajstić information content (AvgIpc) is 2.29. The molecule has 84 valence electrons. The van der Waals surface area contributed by atoms with E-state index >= 15 is 0 Å². The Morgan fingerprint density at radius 3 is 2.88 bits per heavy atom. The second-order valence-electron chi connectivity index (χ2n) is 3.77. The van der Waals surface area contributed by atoms with Crippen molar-refractivity contribution in [1.82, 2.24) is 0 Å². The number of nitrogens with zero attached hydrogens (tertiary/aromatic N) is 1. The third-order valence-corrected chi connectivity index (χ3v) is 2.46. The van der Waals surface area contributed by atoms with Crippen molar-refractivity contribution in [3.05, 3.63) is 47.3 Å². The molecule has 2 heteroatoms. The summed E-state index contributed by atoms with van der Waals surface area (Å²) in [6.07, 6.45) is 12.5. The van der Waals surface area contributed by atoms with Gasteiger partial charge in [-0.25, -0.2) is 0 Å². The summed E-state index contributed by atoms with van der Waals surface area (Å²) in [4.78, 5) is 0. The van der Waals surface area contributed by atoms with E-state index in [0.717, 1.165) is 24.2 Å². The zero-order valence-electron chi connectivity index (χ0n) is 9.86. The van der Waals surface area contributed by atoms with E-state index in [9.17, 15) is 0 Å². The maximum atomic E-state index is 8.70. The van der Waals surface area contributed by atoms with Gasteiger partial charge in [0.2, 0.25) is 0 Å². The first-order chi connectivity index (χ1) is 7.76. The van der Waals surface area contributed by atoms with Gasteiger partial charge in [0.1, 0.15) is 5.76 Å². The third kappa shape index (κ3) is 4.18. The van der Waals surface area contributed by atoms with Crippen LogP contribution < -0.4 is 0 Å². The van der Waals surface area contributed by atoms with E-state index in [1.807, 2.05) is 18.2 Å². The summed E-state index contributed by atoms with van der Waals surface area (Å²) in [6.45, 7) is 2.10. The Balaban J connectivity index is 2.92. The SMILES string of the molecule is COC1=C/C=C(\C)CC/C=C(/CC#N)C=C1. The van der Waals surface area contributed by atoms with Gasteiger partial charge in [0.05, 0.1) is 19.6 Å². The van der Waals surface area contributed by atoms with Gasteiger partial charge in [-0.3, -0.25) is 0 Å². The van der Waals surface area contributed by atoms with E-state index in [1.54, 1.807) is 7.11 Å². The Labute approximate surface area is 97.2 Å². The van der Waals surface area contributed by atoms with Crippen molar-refractivity contribution in [3.8, 4) is 6.07 Å². The van der Waals surface area contributed by atoms with E-state index in [4.69, 9.17) is 10.00 Å². The van der Waals surface area contributed by atoms with E-state index in [0.29, 0.717) is 6.42 Å². The molecule has 0 radical (unpaired) electrons.